The van der Waals surface area contributed by atoms with Gasteiger partial charge in [0.15, 0.2) is 0 Å². The number of hydrogen-bond donors (Lipinski definition) is 1. The standard InChI is InChI=1S/Hg.H2N2O3/c;1-5-2(3)4/h;1H2. The zero-order valence-corrected chi connectivity index (χ0v) is 8.45. The van der Waals surface area contributed by atoms with Gasteiger partial charge >= 0.3 is 5.09 Å². The maximum atomic E-state index is 8.83. The maximum absolute atomic E-state index is 8.83. The molecule has 32 valence electrons. The zero-order chi connectivity index (χ0) is 4.28. The predicted octanol–water partition coefficient (Wildman–Crippen LogP) is -0.934. The Balaban J connectivity index is 0. The van der Waals surface area contributed by atoms with Gasteiger partial charge in [0.05, 0.1) is 0 Å². The largest absolute Gasteiger partial charge is 0.311 e. The van der Waals surface area contributed by atoms with Crippen molar-refractivity contribution in [1.82, 2.24) is 0 Å². The number of nitrogens with two attached hydrogens (primary N) is 1. The van der Waals surface area contributed by atoms with Crippen LogP contribution in [0, 0.1) is 10.1 Å². The van der Waals surface area contributed by atoms with Crippen LogP contribution >= 0.6 is 0 Å². The number of nitrogens with zero attached hydrogens (tertiary/aromatic N) is 1. The first kappa shape index (κ1) is 9.44. The minimum atomic E-state index is -1.10. The van der Waals surface area contributed by atoms with Gasteiger partial charge in [-0.2, -0.15) is 5.90 Å². The molecule has 0 bridgehead atoms. The molecule has 0 radical (unpaired) electrons. The van der Waals surface area contributed by atoms with E-state index in [-0.39, 0.29) is 27.7 Å². The van der Waals surface area contributed by atoms with Crippen molar-refractivity contribution >= 4 is 0 Å². The van der Waals surface area contributed by atoms with Gasteiger partial charge in [0.25, 0.3) is 0 Å². The zero-order valence-electron chi connectivity index (χ0n) is 2.96. The summed E-state index contributed by atoms with van der Waals surface area (Å²) < 4.78 is 0. The molecule has 0 aromatic carbocycles. The predicted molar refractivity (Wildman–Crippen MR) is 12.3 cm³/mol. The van der Waals surface area contributed by atoms with E-state index in [1.54, 1.807) is 0 Å². The summed E-state index contributed by atoms with van der Waals surface area (Å²) in [6, 6.07) is 0. The molecule has 6 heteroatoms. The molecule has 0 aromatic rings. The third-order valence-electron chi connectivity index (χ3n) is 0.0861. The molecule has 0 aliphatic carbocycles. The summed E-state index contributed by atoms with van der Waals surface area (Å²) in [7, 11) is 0. The summed E-state index contributed by atoms with van der Waals surface area (Å²) in [6.07, 6.45) is 0. The quantitative estimate of drug-likeness (QED) is 0.382. The first-order valence-electron chi connectivity index (χ1n) is 0.783. The second-order valence-electron chi connectivity index (χ2n) is 0.329. The van der Waals surface area contributed by atoms with Crippen LogP contribution in [0.15, 0.2) is 0 Å². The molecular weight excluding hydrogens is 277 g/mol. The average Bonchev–Trinajstić information content (AvgIpc) is 1.38. The van der Waals surface area contributed by atoms with Crippen molar-refractivity contribution in [2.24, 2.45) is 5.90 Å². The van der Waals surface area contributed by atoms with Gasteiger partial charge in [-0.25, -0.2) is 4.94 Å². The smallest absolute Gasteiger partial charge is 0.223 e. The molecule has 0 spiro atoms. The van der Waals surface area contributed by atoms with Gasteiger partial charge in [0.1, 0.15) is 0 Å². The van der Waals surface area contributed by atoms with Crippen molar-refractivity contribution in [3.8, 4) is 0 Å². The summed E-state index contributed by atoms with van der Waals surface area (Å²) in [6.45, 7) is 0. The van der Waals surface area contributed by atoms with Crippen LogP contribution in [0.5, 0.6) is 0 Å². The average molecular weight is 279 g/mol. The van der Waals surface area contributed by atoms with Crippen molar-refractivity contribution in [1.29, 1.82) is 0 Å². The third-order valence-corrected chi connectivity index (χ3v) is 0.0861. The van der Waals surface area contributed by atoms with Crippen LogP contribution in [0.2, 0.25) is 0 Å². The van der Waals surface area contributed by atoms with Gasteiger partial charge in [-0.3, -0.25) is 0 Å². The summed E-state index contributed by atoms with van der Waals surface area (Å²) in [4.78, 5) is 11.8. The van der Waals surface area contributed by atoms with Crippen molar-refractivity contribution in [3.63, 3.8) is 0 Å². The second-order valence-corrected chi connectivity index (χ2v) is 0.329. The molecule has 0 amide bonds. The van der Waals surface area contributed by atoms with Crippen molar-refractivity contribution in [2.45, 2.75) is 0 Å². The van der Waals surface area contributed by atoms with Crippen molar-refractivity contribution in [2.75, 3.05) is 0 Å². The number of rotatable bonds is 1. The molecule has 0 unspecified atom stereocenters. The van der Waals surface area contributed by atoms with Crippen LogP contribution < -0.4 is 5.90 Å². The number of hydrogen-bond acceptors (Lipinski definition) is 4. The minimum Gasteiger partial charge on any atom is -0.223 e. The Labute approximate surface area is 54.0 Å². The van der Waals surface area contributed by atoms with Gasteiger partial charge in [-0.1, -0.05) is 0 Å². The van der Waals surface area contributed by atoms with Crippen LogP contribution in [-0.4, -0.2) is 5.09 Å². The molecule has 2 N–H and O–H groups in total. The summed E-state index contributed by atoms with van der Waals surface area (Å²) >= 11 is 0. The summed E-state index contributed by atoms with van der Waals surface area (Å²) in [5.74, 6) is 3.97. The molecule has 0 atom stereocenters. The Kier molecular flexibility index (Phi) is 8.01. The Morgan fingerprint density at radius 1 is 1.83 bits per heavy atom. The van der Waals surface area contributed by atoms with Gasteiger partial charge in [0.2, 0.25) is 0 Å². The molecule has 0 heterocycles. The van der Waals surface area contributed by atoms with Gasteiger partial charge in [-0.05, 0) is 0 Å². The molecular formula is H2HgN2O3. The van der Waals surface area contributed by atoms with E-state index in [4.69, 9.17) is 10.1 Å². The third kappa shape index (κ3) is 8.94. The Morgan fingerprint density at radius 2 is 2.00 bits per heavy atom. The van der Waals surface area contributed by atoms with Crippen LogP contribution in [0.25, 0.3) is 0 Å². The van der Waals surface area contributed by atoms with Gasteiger partial charge in [-0.15, -0.1) is 10.1 Å². The van der Waals surface area contributed by atoms with Gasteiger partial charge in [0, 0.05) is 27.7 Å². The molecule has 0 aliphatic heterocycles. The fourth-order valence-electron chi connectivity index (χ4n) is 0. The Morgan fingerprint density at radius 3 is 2.00 bits per heavy atom. The topological polar surface area (TPSA) is 78.4 Å². The second kappa shape index (κ2) is 5.10. The summed E-state index contributed by atoms with van der Waals surface area (Å²) in [5.41, 5.74) is 0. The van der Waals surface area contributed by atoms with E-state index in [0.29, 0.717) is 0 Å². The van der Waals surface area contributed by atoms with Crippen LogP contribution in [-0.2, 0) is 32.6 Å². The molecule has 0 fully saturated rings. The van der Waals surface area contributed by atoms with E-state index in [1.165, 1.54) is 0 Å². The fraction of sp³-hybridized carbons (Fsp3) is 0. The molecule has 0 rings (SSSR count). The normalized spacial score (nSPS) is 5.50. The first-order valence-corrected chi connectivity index (χ1v) is 0.783. The maximum Gasteiger partial charge on any atom is 0.311 e. The fourth-order valence-corrected chi connectivity index (χ4v) is 0. The van der Waals surface area contributed by atoms with E-state index in [0.717, 1.165) is 0 Å². The Hall–Kier alpha value is 0.0951. The SMILES string of the molecule is NO[N+](=O)[O-].[Hg]. The van der Waals surface area contributed by atoms with Gasteiger partial charge < -0.3 is 0 Å². The van der Waals surface area contributed by atoms with Crippen molar-refractivity contribution in [3.05, 3.63) is 10.1 Å². The first-order chi connectivity index (χ1) is 2.27. The molecule has 5 nitrogen and oxygen atoms in total. The molecule has 0 aromatic heterocycles. The molecule has 0 saturated carbocycles. The van der Waals surface area contributed by atoms with Crippen LogP contribution in [0.1, 0.15) is 0 Å². The minimum absolute atomic E-state index is 0. The van der Waals surface area contributed by atoms with E-state index < -0.39 is 5.09 Å². The Bertz CT molecular complexity index is 44.1. The van der Waals surface area contributed by atoms with E-state index in [1.807, 2.05) is 0 Å². The molecule has 0 aliphatic rings. The molecule has 6 heavy (non-hydrogen) atoms. The van der Waals surface area contributed by atoms with E-state index in [2.05, 4.69) is 10.8 Å². The van der Waals surface area contributed by atoms with Crippen molar-refractivity contribution < 1.29 is 37.7 Å². The summed E-state index contributed by atoms with van der Waals surface area (Å²) in [5, 5.41) is 7.73. The molecule has 0 saturated heterocycles. The van der Waals surface area contributed by atoms with Crippen LogP contribution in [0.4, 0.5) is 0 Å². The monoisotopic (exact) mass is 280 g/mol. The van der Waals surface area contributed by atoms with Crippen LogP contribution in [0.3, 0.4) is 0 Å². The van der Waals surface area contributed by atoms with E-state index in [9.17, 15) is 0 Å². The van der Waals surface area contributed by atoms with E-state index >= 15 is 0 Å².